The van der Waals surface area contributed by atoms with E-state index >= 15 is 0 Å². The van der Waals surface area contributed by atoms with E-state index in [1.807, 2.05) is 24.3 Å². The van der Waals surface area contributed by atoms with Crippen LogP contribution >= 0.6 is 11.8 Å². The van der Waals surface area contributed by atoms with Crippen molar-refractivity contribution < 1.29 is 19.4 Å². The Morgan fingerprint density at radius 3 is 3.00 bits per heavy atom. The number of para-hydroxylation sites is 1. The maximum absolute atomic E-state index is 12.8. The summed E-state index contributed by atoms with van der Waals surface area (Å²) in [5.74, 6) is 1.38. The van der Waals surface area contributed by atoms with Crippen LogP contribution < -0.4 is 4.74 Å². The summed E-state index contributed by atoms with van der Waals surface area (Å²) in [6.45, 7) is 0.999. The molecule has 1 saturated heterocycles. The van der Waals surface area contributed by atoms with E-state index in [1.54, 1.807) is 16.7 Å². The quantitative estimate of drug-likeness (QED) is 0.917. The van der Waals surface area contributed by atoms with Crippen molar-refractivity contribution in [3.63, 3.8) is 0 Å². The van der Waals surface area contributed by atoms with Crippen molar-refractivity contribution in [2.75, 3.05) is 24.7 Å². The highest BCUT2D eigenvalue weighted by Crippen LogP contribution is 2.29. The van der Waals surface area contributed by atoms with Gasteiger partial charge in [0.2, 0.25) is 5.91 Å². The maximum Gasteiger partial charge on any atom is 0.305 e. The average molecular weight is 321 g/mol. The van der Waals surface area contributed by atoms with E-state index in [1.165, 1.54) is 0 Å². The molecule has 5 nitrogen and oxygen atoms in total. The number of aliphatic carboxylic acids is 1. The summed E-state index contributed by atoms with van der Waals surface area (Å²) in [6.07, 6.45) is 0.682. The molecular formula is C16H19NO4S. The lowest BCUT2D eigenvalue weighted by Gasteiger charge is -2.37. The van der Waals surface area contributed by atoms with Gasteiger partial charge in [0, 0.05) is 18.1 Å². The molecule has 2 aliphatic heterocycles. The molecule has 0 aromatic heterocycles. The van der Waals surface area contributed by atoms with Gasteiger partial charge in [-0.3, -0.25) is 9.59 Å². The van der Waals surface area contributed by atoms with Crippen LogP contribution in [0.1, 0.15) is 12.0 Å². The summed E-state index contributed by atoms with van der Waals surface area (Å²) in [5.41, 5.74) is 1.05. The van der Waals surface area contributed by atoms with Crippen LogP contribution in [0.2, 0.25) is 0 Å². The molecule has 2 atom stereocenters. The molecule has 3 rings (SSSR count). The monoisotopic (exact) mass is 321 g/mol. The van der Waals surface area contributed by atoms with Gasteiger partial charge >= 0.3 is 5.97 Å². The summed E-state index contributed by atoms with van der Waals surface area (Å²) < 4.78 is 5.70. The topological polar surface area (TPSA) is 66.8 Å². The van der Waals surface area contributed by atoms with Crippen molar-refractivity contribution in [2.45, 2.75) is 18.9 Å². The SMILES string of the molecule is O=C(O)CC1CSCCN1C(=O)C1COc2ccccc2C1. The third-order valence-corrected chi connectivity index (χ3v) is 5.24. The molecule has 0 spiro atoms. The van der Waals surface area contributed by atoms with Gasteiger partial charge in [-0.2, -0.15) is 11.8 Å². The second-order valence-corrected chi connectivity index (χ2v) is 6.83. The Morgan fingerprint density at radius 2 is 2.18 bits per heavy atom. The highest BCUT2D eigenvalue weighted by atomic mass is 32.2. The number of benzene rings is 1. The lowest BCUT2D eigenvalue weighted by Crippen LogP contribution is -2.51. The number of carbonyl (C=O) groups is 2. The van der Waals surface area contributed by atoms with Crippen molar-refractivity contribution >= 4 is 23.6 Å². The predicted octanol–water partition coefficient (Wildman–Crippen LogP) is 1.66. The number of ether oxygens (including phenoxy) is 1. The molecule has 0 bridgehead atoms. The first-order valence-electron chi connectivity index (χ1n) is 7.46. The molecule has 2 heterocycles. The number of nitrogens with zero attached hydrogens (tertiary/aromatic N) is 1. The number of thioether (sulfide) groups is 1. The normalized spacial score (nSPS) is 24.3. The van der Waals surface area contributed by atoms with Gasteiger partial charge in [-0.1, -0.05) is 18.2 Å². The first kappa shape index (κ1) is 15.2. The first-order chi connectivity index (χ1) is 10.6. The zero-order valence-electron chi connectivity index (χ0n) is 12.2. The van der Waals surface area contributed by atoms with Crippen LogP contribution in [0, 0.1) is 5.92 Å². The van der Waals surface area contributed by atoms with Gasteiger partial charge in [-0.05, 0) is 18.1 Å². The molecule has 0 saturated carbocycles. The summed E-state index contributed by atoms with van der Waals surface area (Å²) in [6, 6.07) is 7.56. The Balaban J connectivity index is 1.71. The Bertz CT molecular complexity index is 577. The molecule has 2 unspecified atom stereocenters. The fraction of sp³-hybridized carbons (Fsp3) is 0.500. The Kier molecular flexibility index (Phi) is 4.57. The van der Waals surface area contributed by atoms with E-state index in [-0.39, 0.29) is 24.3 Å². The molecule has 0 radical (unpaired) electrons. The number of carboxylic acids is 1. The molecule has 2 aliphatic rings. The fourth-order valence-corrected chi connectivity index (χ4v) is 4.10. The van der Waals surface area contributed by atoms with Crippen LogP contribution in [0.3, 0.4) is 0 Å². The molecule has 6 heteroatoms. The molecule has 1 aromatic rings. The molecule has 1 amide bonds. The number of fused-ring (bicyclic) bond motifs is 1. The molecule has 1 aromatic carbocycles. The molecule has 1 fully saturated rings. The number of hydrogen-bond acceptors (Lipinski definition) is 4. The second-order valence-electron chi connectivity index (χ2n) is 5.68. The lowest BCUT2D eigenvalue weighted by atomic mass is 9.95. The smallest absolute Gasteiger partial charge is 0.305 e. The Hall–Kier alpha value is -1.69. The van der Waals surface area contributed by atoms with Crippen LogP contribution in [-0.4, -0.2) is 52.6 Å². The molecule has 22 heavy (non-hydrogen) atoms. The number of carboxylic acid groups (broad SMARTS) is 1. The van der Waals surface area contributed by atoms with Crippen molar-refractivity contribution in [1.82, 2.24) is 4.90 Å². The van der Waals surface area contributed by atoms with E-state index in [0.717, 1.165) is 17.1 Å². The Morgan fingerprint density at radius 1 is 1.36 bits per heavy atom. The van der Waals surface area contributed by atoms with Gasteiger partial charge in [0.05, 0.1) is 18.4 Å². The van der Waals surface area contributed by atoms with Gasteiger partial charge in [0.1, 0.15) is 12.4 Å². The summed E-state index contributed by atoms with van der Waals surface area (Å²) in [7, 11) is 0. The standard InChI is InChI=1S/C16H19NO4S/c18-15(19)8-13-10-22-6-5-17(13)16(20)12-7-11-3-1-2-4-14(11)21-9-12/h1-4,12-13H,5-10H2,(H,18,19). The summed E-state index contributed by atoms with van der Waals surface area (Å²) >= 11 is 1.71. The third kappa shape index (κ3) is 3.21. The van der Waals surface area contributed by atoms with E-state index in [4.69, 9.17) is 9.84 Å². The largest absolute Gasteiger partial charge is 0.492 e. The third-order valence-electron chi connectivity index (χ3n) is 4.15. The van der Waals surface area contributed by atoms with E-state index in [9.17, 15) is 9.59 Å². The highest BCUT2D eigenvalue weighted by Gasteiger charge is 2.35. The van der Waals surface area contributed by atoms with Gasteiger partial charge in [0.25, 0.3) is 0 Å². The van der Waals surface area contributed by atoms with Crippen molar-refractivity contribution in [3.8, 4) is 5.75 Å². The van der Waals surface area contributed by atoms with Gasteiger partial charge < -0.3 is 14.7 Å². The average Bonchev–Trinajstić information content (AvgIpc) is 2.54. The van der Waals surface area contributed by atoms with Gasteiger partial charge in [-0.15, -0.1) is 0 Å². The van der Waals surface area contributed by atoms with Crippen molar-refractivity contribution in [3.05, 3.63) is 29.8 Å². The lowest BCUT2D eigenvalue weighted by molar-refractivity contribution is -0.142. The molecular weight excluding hydrogens is 302 g/mol. The number of rotatable bonds is 3. The van der Waals surface area contributed by atoms with Crippen LogP contribution in [0.15, 0.2) is 24.3 Å². The maximum atomic E-state index is 12.8. The fourth-order valence-electron chi connectivity index (χ4n) is 3.04. The van der Waals surface area contributed by atoms with Crippen molar-refractivity contribution in [1.29, 1.82) is 0 Å². The number of amides is 1. The minimum Gasteiger partial charge on any atom is -0.492 e. The van der Waals surface area contributed by atoms with Crippen LogP contribution in [0.4, 0.5) is 0 Å². The summed E-state index contributed by atoms with van der Waals surface area (Å²) in [4.78, 5) is 25.6. The molecule has 0 aliphatic carbocycles. The van der Waals surface area contributed by atoms with Gasteiger partial charge in [0.15, 0.2) is 0 Å². The van der Waals surface area contributed by atoms with E-state index in [2.05, 4.69) is 0 Å². The number of hydrogen-bond donors (Lipinski definition) is 1. The van der Waals surface area contributed by atoms with Gasteiger partial charge in [-0.25, -0.2) is 0 Å². The van der Waals surface area contributed by atoms with Crippen molar-refractivity contribution in [2.24, 2.45) is 5.92 Å². The minimum absolute atomic E-state index is 0.0168. The molecule has 118 valence electrons. The highest BCUT2D eigenvalue weighted by molar-refractivity contribution is 7.99. The zero-order valence-corrected chi connectivity index (χ0v) is 13.1. The molecule has 1 N–H and O–H groups in total. The zero-order chi connectivity index (χ0) is 15.5. The number of carbonyl (C=O) groups excluding carboxylic acids is 1. The van der Waals surface area contributed by atoms with Crippen LogP contribution in [0.5, 0.6) is 5.75 Å². The summed E-state index contributed by atoms with van der Waals surface area (Å²) in [5, 5.41) is 9.03. The van der Waals surface area contributed by atoms with E-state index in [0.29, 0.717) is 25.3 Å². The van der Waals surface area contributed by atoms with E-state index < -0.39 is 5.97 Å². The Labute approximate surface area is 133 Å². The first-order valence-corrected chi connectivity index (χ1v) is 8.61. The second kappa shape index (κ2) is 6.60. The van der Waals surface area contributed by atoms with Crippen LogP contribution in [-0.2, 0) is 16.0 Å². The predicted molar refractivity (Wildman–Crippen MR) is 84.2 cm³/mol. The minimum atomic E-state index is -0.851. The van der Waals surface area contributed by atoms with Crippen LogP contribution in [0.25, 0.3) is 0 Å².